The number of carbonyl (C=O) groups excluding carboxylic acids is 4. The molecule has 4 aromatic carbocycles. The van der Waals surface area contributed by atoms with Gasteiger partial charge in [-0.2, -0.15) is 0 Å². The van der Waals surface area contributed by atoms with E-state index in [0.29, 0.717) is 43.0 Å². The molecule has 1 aliphatic heterocycles. The van der Waals surface area contributed by atoms with Crippen LogP contribution in [0.2, 0.25) is 0 Å². The number of likely N-dealkylation sites (N-methyl/N-ethyl adjacent to an activating group) is 1. The van der Waals surface area contributed by atoms with Crippen LogP contribution in [0, 0.1) is 12.3 Å². The number of phenols is 2. The Hall–Kier alpha value is -6.13. The van der Waals surface area contributed by atoms with Gasteiger partial charge in [-0.3, -0.25) is 19.2 Å². The number of β-amino-alcohol motifs (C(OH)–C–C–N with tert-alkyl or cyclic N) is 1. The van der Waals surface area contributed by atoms with E-state index in [1.54, 1.807) is 78.1 Å². The van der Waals surface area contributed by atoms with Gasteiger partial charge in [0.15, 0.2) is 5.78 Å². The minimum atomic E-state index is -0.918. The summed E-state index contributed by atoms with van der Waals surface area (Å²) in [6.07, 6.45) is -0.0408. The molecule has 0 radical (unpaired) electrons. The van der Waals surface area contributed by atoms with Crippen LogP contribution in [0.5, 0.6) is 17.2 Å². The highest BCUT2D eigenvalue weighted by atomic mass is 32.1. The number of hydrogen-bond donors (Lipinski definition) is 5. The summed E-state index contributed by atoms with van der Waals surface area (Å²) in [5.41, 5.74) is 5.85. The molecule has 5 N–H and O–H groups in total. The average molecular weight is 946 g/mol. The summed E-state index contributed by atoms with van der Waals surface area (Å²) in [5, 5.41) is 37.4. The minimum Gasteiger partial charge on any atom is -0.508 e. The van der Waals surface area contributed by atoms with Gasteiger partial charge in [-0.15, -0.1) is 22.7 Å². The van der Waals surface area contributed by atoms with Gasteiger partial charge in [0.2, 0.25) is 17.7 Å². The lowest BCUT2D eigenvalue weighted by Crippen LogP contribution is -2.57. The van der Waals surface area contributed by atoms with Crippen molar-refractivity contribution in [3.63, 3.8) is 0 Å². The average Bonchev–Trinajstić information content (AvgIpc) is 4.03. The van der Waals surface area contributed by atoms with Gasteiger partial charge < -0.3 is 40.5 Å². The molecule has 2 aromatic heterocycles. The molecule has 67 heavy (non-hydrogen) atoms. The van der Waals surface area contributed by atoms with Crippen LogP contribution >= 0.6 is 22.7 Å². The number of nitrogens with zero attached hydrogens (tertiary/aromatic N) is 3. The molecule has 15 heteroatoms. The number of thiophene rings is 1. The number of benzene rings is 4. The van der Waals surface area contributed by atoms with Crippen molar-refractivity contribution in [2.45, 2.75) is 85.0 Å². The van der Waals surface area contributed by atoms with E-state index in [-0.39, 0.29) is 54.5 Å². The van der Waals surface area contributed by atoms with Crippen LogP contribution in [0.25, 0.3) is 31.0 Å². The van der Waals surface area contributed by atoms with E-state index in [1.807, 2.05) is 71.3 Å². The predicted octanol–water partition coefficient (Wildman–Crippen LogP) is 8.49. The number of aromatic nitrogens is 1. The molecule has 7 rings (SSSR count). The van der Waals surface area contributed by atoms with Gasteiger partial charge in [-0.05, 0) is 122 Å². The van der Waals surface area contributed by atoms with Gasteiger partial charge in [0.05, 0.1) is 28.2 Å². The molecule has 0 saturated carbocycles. The third-order valence-corrected chi connectivity index (χ3v) is 14.4. The lowest BCUT2D eigenvalue weighted by atomic mass is 9.85. The Bertz CT molecular complexity index is 2690. The number of aliphatic hydroxyl groups excluding tert-OH is 1. The number of hydrogen-bond acceptors (Lipinski definition) is 12. The highest BCUT2D eigenvalue weighted by Gasteiger charge is 2.44. The van der Waals surface area contributed by atoms with Crippen LogP contribution in [0.1, 0.15) is 87.1 Å². The summed E-state index contributed by atoms with van der Waals surface area (Å²) >= 11 is 2.98. The summed E-state index contributed by atoms with van der Waals surface area (Å²) in [4.78, 5) is 65.1. The first-order valence-corrected chi connectivity index (χ1v) is 24.3. The number of phenolic OH excluding ortho intramolecular Hbond substituents is 2. The summed E-state index contributed by atoms with van der Waals surface area (Å²) in [6.45, 7) is 13.8. The molecule has 3 heterocycles. The number of aliphatic hydroxyl groups is 1. The molecule has 4 atom stereocenters. The second-order valence-electron chi connectivity index (χ2n) is 18.2. The number of ether oxygens (including phenoxy) is 1. The lowest BCUT2D eigenvalue weighted by molar-refractivity contribution is -0.144. The first kappa shape index (κ1) is 48.8. The van der Waals surface area contributed by atoms with Crippen molar-refractivity contribution in [2.75, 3.05) is 32.8 Å². The third kappa shape index (κ3) is 11.7. The summed E-state index contributed by atoms with van der Waals surface area (Å²) in [5.74, 6) is -0.355. The maximum absolute atomic E-state index is 14.2. The molecule has 0 spiro atoms. The smallest absolute Gasteiger partial charge is 0.246 e. The SMILES string of the molecule is CCN(CCCC(=O)NC(C(=O)N1C[C@H](O)C[C@H]1C(=O)N[C@@H](C)c1ccc(-c2scnc2C)cc1)C(C)(C)C)CCOc1ccc(C(=O)c2c(-c3ccc(O)cc3)sc3cc(O)ccc23)cc1. The summed E-state index contributed by atoms with van der Waals surface area (Å²) < 4.78 is 6.85. The Kier molecular flexibility index (Phi) is 15.5. The maximum Gasteiger partial charge on any atom is 0.246 e. The number of nitrogens with one attached hydrogen (secondary N) is 2. The van der Waals surface area contributed by atoms with Crippen molar-refractivity contribution < 1.29 is 39.2 Å². The highest BCUT2D eigenvalue weighted by molar-refractivity contribution is 7.22. The molecule has 3 amide bonds. The molecule has 13 nitrogen and oxygen atoms in total. The summed E-state index contributed by atoms with van der Waals surface area (Å²) in [6, 6.07) is 24.5. The predicted molar refractivity (Wildman–Crippen MR) is 264 cm³/mol. The molecule has 0 bridgehead atoms. The van der Waals surface area contributed by atoms with Gasteiger partial charge >= 0.3 is 0 Å². The standard InChI is InChI=1S/C52H59N5O8S2/c1-7-56(25-26-65-40-21-16-34(17-22-40)46(62)45-41-23-20-38(59)28-43(41)67-48(45)36-14-18-37(58)19-15-36)24-8-9-44(61)55-49(52(4,5)6)51(64)57-29-39(60)27-42(57)50(63)54-31(2)33-10-12-35(13-11-33)47-32(3)53-30-66-47/h10-23,28,30-31,39,42,49,58-60H,7-9,24-27,29H2,1-6H3,(H,54,63)(H,55,61)/t31-,39+,42-,49?/m0/s1. The number of rotatable bonds is 18. The zero-order chi connectivity index (χ0) is 48.0. The van der Waals surface area contributed by atoms with E-state index in [2.05, 4.69) is 20.5 Å². The highest BCUT2D eigenvalue weighted by Crippen LogP contribution is 2.42. The van der Waals surface area contributed by atoms with E-state index >= 15 is 0 Å². The number of ketones is 1. The quantitative estimate of drug-likeness (QED) is 0.0525. The van der Waals surface area contributed by atoms with Crippen molar-refractivity contribution in [2.24, 2.45) is 5.41 Å². The van der Waals surface area contributed by atoms with Crippen LogP contribution in [-0.4, -0.2) is 105 Å². The molecule has 1 fully saturated rings. The number of aromatic hydroxyl groups is 2. The first-order chi connectivity index (χ1) is 32.0. The van der Waals surface area contributed by atoms with Crippen LogP contribution in [0.4, 0.5) is 0 Å². The number of aryl methyl sites for hydroxylation is 1. The Morgan fingerprint density at radius 1 is 0.896 bits per heavy atom. The first-order valence-electron chi connectivity index (χ1n) is 22.6. The number of fused-ring (bicyclic) bond motifs is 1. The Balaban J connectivity index is 0.890. The topological polar surface area (TPSA) is 182 Å². The van der Waals surface area contributed by atoms with Crippen LogP contribution < -0.4 is 15.4 Å². The zero-order valence-corrected chi connectivity index (χ0v) is 40.4. The van der Waals surface area contributed by atoms with Gasteiger partial charge in [-0.25, -0.2) is 4.98 Å². The number of thiazole rings is 1. The van der Waals surface area contributed by atoms with E-state index in [9.17, 15) is 34.5 Å². The van der Waals surface area contributed by atoms with Crippen molar-refractivity contribution in [3.8, 4) is 38.1 Å². The summed E-state index contributed by atoms with van der Waals surface area (Å²) in [7, 11) is 0. The fourth-order valence-electron chi connectivity index (χ4n) is 8.41. The van der Waals surface area contributed by atoms with Gasteiger partial charge in [0, 0.05) is 52.0 Å². The Morgan fingerprint density at radius 2 is 1.57 bits per heavy atom. The third-order valence-electron chi connectivity index (χ3n) is 12.2. The molecule has 352 valence electrons. The number of carbonyl (C=O) groups is 4. The monoisotopic (exact) mass is 945 g/mol. The fraction of sp³-hybridized carbons (Fsp3) is 0.365. The molecular weight excluding hydrogens is 887 g/mol. The van der Waals surface area contributed by atoms with Crippen molar-refractivity contribution >= 4 is 56.3 Å². The molecule has 1 unspecified atom stereocenters. The molecule has 1 aliphatic rings. The fourth-order valence-corrected chi connectivity index (χ4v) is 10.5. The van der Waals surface area contributed by atoms with E-state index in [4.69, 9.17) is 4.74 Å². The Labute approximate surface area is 399 Å². The second kappa shape index (κ2) is 21.2. The van der Waals surface area contributed by atoms with Gasteiger partial charge in [0.25, 0.3) is 0 Å². The van der Waals surface area contributed by atoms with E-state index in [1.165, 1.54) is 16.2 Å². The van der Waals surface area contributed by atoms with Gasteiger partial charge in [-0.1, -0.05) is 52.0 Å². The number of amides is 3. The second-order valence-corrected chi connectivity index (χ2v) is 20.1. The Morgan fingerprint density at radius 3 is 2.22 bits per heavy atom. The zero-order valence-electron chi connectivity index (χ0n) is 38.7. The molecule has 0 aliphatic carbocycles. The normalized spacial score (nSPS) is 16.0. The van der Waals surface area contributed by atoms with Crippen LogP contribution in [0.3, 0.4) is 0 Å². The number of likely N-dealkylation sites (tertiary alicyclic amines) is 1. The largest absolute Gasteiger partial charge is 0.508 e. The van der Waals surface area contributed by atoms with Gasteiger partial charge in [0.1, 0.15) is 35.9 Å². The van der Waals surface area contributed by atoms with Crippen molar-refractivity contribution in [1.82, 2.24) is 25.4 Å². The van der Waals surface area contributed by atoms with E-state index in [0.717, 1.165) is 48.8 Å². The minimum absolute atomic E-state index is 0.00529. The van der Waals surface area contributed by atoms with E-state index < -0.39 is 29.5 Å². The van der Waals surface area contributed by atoms with Crippen molar-refractivity contribution in [3.05, 3.63) is 119 Å². The maximum atomic E-state index is 14.2. The van der Waals surface area contributed by atoms with Crippen molar-refractivity contribution in [1.29, 1.82) is 0 Å². The van der Waals surface area contributed by atoms with Crippen LogP contribution in [-0.2, 0) is 14.4 Å². The van der Waals surface area contributed by atoms with Crippen LogP contribution in [0.15, 0.2) is 96.5 Å². The molecule has 6 aromatic rings. The lowest BCUT2D eigenvalue weighted by Gasteiger charge is -2.35. The molecular formula is C52H59N5O8S2. The molecule has 1 saturated heterocycles.